The number of benzene rings is 8. The number of rotatable bonds is 3. The van der Waals surface area contributed by atoms with E-state index in [1.807, 2.05) is 0 Å². The van der Waals surface area contributed by atoms with E-state index in [4.69, 9.17) is 4.42 Å². The molecule has 8 aromatic carbocycles. The number of fused-ring (bicyclic) bond motifs is 13. The van der Waals surface area contributed by atoms with Crippen molar-refractivity contribution in [3.05, 3.63) is 186 Å². The first-order valence-corrected chi connectivity index (χ1v) is 19.8. The maximum Gasteiger partial charge on any atom is 0.135 e. The van der Waals surface area contributed by atoms with Gasteiger partial charge in [-0.1, -0.05) is 137 Å². The molecule has 0 aliphatic heterocycles. The fourth-order valence-electron chi connectivity index (χ4n) is 10.5. The Balaban J connectivity index is 0.991. The van der Waals surface area contributed by atoms with Gasteiger partial charge in [0.2, 0.25) is 0 Å². The molecular weight excluding hydrogens is 679 g/mol. The van der Waals surface area contributed by atoms with Crippen LogP contribution in [0.2, 0.25) is 0 Å². The zero-order chi connectivity index (χ0) is 37.5. The number of hydrogen-bond acceptors (Lipinski definition) is 1. The van der Waals surface area contributed by atoms with E-state index in [0.717, 1.165) is 21.9 Å². The Bertz CT molecular complexity index is 3240. The minimum Gasteiger partial charge on any atom is -0.456 e. The average Bonchev–Trinajstić information content (AvgIpc) is 3.91. The van der Waals surface area contributed by atoms with Gasteiger partial charge in [0, 0.05) is 38.1 Å². The fraction of sp³-hybridized carbons (Fsp3) is 0.111. The van der Waals surface area contributed by atoms with E-state index in [9.17, 15) is 0 Å². The van der Waals surface area contributed by atoms with Crippen LogP contribution in [-0.2, 0) is 10.8 Å². The van der Waals surface area contributed by atoms with Crippen LogP contribution in [0.25, 0.3) is 93.9 Å². The van der Waals surface area contributed by atoms with Gasteiger partial charge in [-0.05, 0) is 121 Å². The maximum atomic E-state index is 6.34. The van der Waals surface area contributed by atoms with Crippen LogP contribution >= 0.6 is 0 Å². The van der Waals surface area contributed by atoms with Crippen molar-refractivity contribution in [3.63, 3.8) is 0 Å². The summed E-state index contributed by atoms with van der Waals surface area (Å²) in [7, 11) is 0. The monoisotopic (exact) mass is 717 g/mol. The molecule has 2 nitrogen and oxygen atoms in total. The predicted octanol–water partition coefficient (Wildman–Crippen LogP) is 14.6. The molecule has 0 unspecified atom stereocenters. The lowest BCUT2D eigenvalue weighted by Gasteiger charge is -2.30. The summed E-state index contributed by atoms with van der Waals surface area (Å²) in [4.78, 5) is 0. The van der Waals surface area contributed by atoms with Crippen LogP contribution in [0.1, 0.15) is 49.9 Å². The largest absolute Gasteiger partial charge is 0.456 e. The molecule has 2 aliphatic carbocycles. The van der Waals surface area contributed by atoms with Crippen LogP contribution in [0.4, 0.5) is 0 Å². The number of nitrogens with zero attached hydrogens (tertiary/aromatic N) is 1. The Labute approximate surface area is 326 Å². The maximum absolute atomic E-state index is 6.34. The lowest BCUT2D eigenvalue weighted by molar-refractivity contribution is 0.601. The first-order valence-electron chi connectivity index (χ1n) is 19.8. The van der Waals surface area contributed by atoms with Gasteiger partial charge >= 0.3 is 0 Å². The van der Waals surface area contributed by atoms with Crippen molar-refractivity contribution in [3.8, 4) is 50.2 Å². The van der Waals surface area contributed by atoms with Gasteiger partial charge in [-0.15, -0.1) is 0 Å². The van der Waals surface area contributed by atoms with Gasteiger partial charge in [-0.25, -0.2) is 0 Å². The smallest absolute Gasteiger partial charge is 0.135 e. The van der Waals surface area contributed by atoms with E-state index in [1.54, 1.807) is 0 Å². The van der Waals surface area contributed by atoms with Gasteiger partial charge < -0.3 is 8.98 Å². The molecule has 0 atom stereocenters. The van der Waals surface area contributed by atoms with E-state index in [-0.39, 0.29) is 10.8 Å². The van der Waals surface area contributed by atoms with Crippen LogP contribution in [0.3, 0.4) is 0 Å². The highest BCUT2D eigenvalue weighted by molar-refractivity contribution is 6.10. The second-order valence-corrected chi connectivity index (χ2v) is 16.9. The second kappa shape index (κ2) is 11.0. The van der Waals surface area contributed by atoms with Crippen molar-refractivity contribution in [2.24, 2.45) is 0 Å². The van der Waals surface area contributed by atoms with Gasteiger partial charge in [-0.2, -0.15) is 0 Å². The van der Waals surface area contributed by atoms with E-state index in [1.165, 1.54) is 94.3 Å². The molecule has 0 bridgehead atoms. The quantitative estimate of drug-likeness (QED) is 0.178. The summed E-state index contributed by atoms with van der Waals surface area (Å²) < 4.78 is 8.78. The van der Waals surface area contributed by atoms with Crippen LogP contribution in [0, 0.1) is 0 Å². The summed E-state index contributed by atoms with van der Waals surface area (Å²) in [5.74, 6) is 0. The normalized spacial score (nSPS) is 14.7. The molecule has 0 radical (unpaired) electrons. The molecule has 0 spiro atoms. The third-order valence-electron chi connectivity index (χ3n) is 13.2. The zero-order valence-corrected chi connectivity index (χ0v) is 31.9. The van der Waals surface area contributed by atoms with Gasteiger partial charge in [0.15, 0.2) is 0 Å². The molecule has 56 heavy (non-hydrogen) atoms. The number of furan rings is 1. The molecule has 2 aromatic heterocycles. The van der Waals surface area contributed by atoms with Gasteiger partial charge in [0.25, 0.3) is 0 Å². The molecule has 0 saturated carbocycles. The van der Waals surface area contributed by atoms with Crippen molar-refractivity contribution in [2.75, 3.05) is 0 Å². The van der Waals surface area contributed by atoms with Gasteiger partial charge in [0.05, 0.1) is 11.0 Å². The molecule has 2 heterocycles. The minimum absolute atomic E-state index is 0.149. The fourth-order valence-corrected chi connectivity index (χ4v) is 10.5. The second-order valence-electron chi connectivity index (χ2n) is 16.9. The lowest BCUT2D eigenvalue weighted by atomic mass is 9.72. The van der Waals surface area contributed by atoms with Gasteiger partial charge in [0.1, 0.15) is 11.2 Å². The number of hydrogen-bond donors (Lipinski definition) is 0. The van der Waals surface area contributed by atoms with E-state index < -0.39 is 0 Å². The summed E-state index contributed by atoms with van der Waals surface area (Å²) in [6.45, 7) is 9.70. The van der Waals surface area contributed by atoms with Crippen LogP contribution in [0.5, 0.6) is 0 Å². The molecule has 2 aliphatic rings. The highest BCUT2D eigenvalue weighted by atomic mass is 16.3. The Morgan fingerprint density at radius 2 is 0.857 bits per heavy atom. The minimum atomic E-state index is -0.151. The molecule has 0 fully saturated rings. The SMILES string of the molecule is CC1(C)c2ccc(-c3ccc4oc5ccc(-c6ccccc6)cc5c4c3)cc2-c2ccc3c(c21)C(C)(C)c1ccc(-n2c4ccccc4c4ccccc42)cc1-3. The molecule has 0 N–H and O–H groups in total. The van der Waals surface area contributed by atoms with Crippen molar-refractivity contribution < 1.29 is 4.42 Å². The number of aromatic nitrogens is 1. The first-order chi connectivity index (χ1) is 27.3. The Morgan fingerprint density at radius 1 is 0.375 bits per heavy atom. The lowest BCUT2D eigenvalue weighted by Crippen LogP contribution is -2.24. The van der Waals surface area contributed by atoms with Crippen molar-refractivity contribution >= 4 is 43.7 Å². The molecular formula is C54H39NO. The Kier molecular flexibility index (Phi) is 6.22. The summed E-state index contributed by atoms with van der Waals surface area (Å²) in [5.41, 5.74) is 21.2. The standard InChI is InChI=1S/C54H39NO/c1-53(2)45-24-18-34(35-20-27-50-44(30-35)43-29-33(19-26-49(43)56-50)32-12-6-5-7-13-32)28-41(45)39-22-23-40-42-31-36(21-25-46(42)54(3,4)52(40)51(39)53)55-47-16-10-8-14-37(47)38-15-9-11-17-48(38)55/h5-31H,1-4H3. The first kappa shape index (κ1) is 31.7. The van der Waals surface area contributed by atoms with Crippen molar-refractivity contribution in [2.45, 2.75) is 38.5 Å². The van der Waals surface area contributed by atoms with E-state index in [2.05, 4.69) is 196 Å². The van der Waals surface area contributed by atoms with Crippen LogP contribution < -0.4 is 0 Å². The highest BCUT2D eigenvalue weighted by Crippen LogP contribution is 2.59. The highest BCUT2D eigenvalue weighted by Gasteiger charge is 2.46. The number of para-hydroxylation sites is 2. The van der Waals surface area contributed by atoms with Gasteiger partial charge in [-0.3, -0.25) is 0 Å². The summed E-state index contributed by atoms with van der Waals surface area (Å²) in [5, 5.41) is 4.87. The Hall–Kier alpha value is -6.64. The van der Waals surface area contributed by atoms with E-state index >= 15 is 0 Å². The molecule has 0 saturated heterocycles. The predicted molar refractivity (Wildman–Crippen MR) is 234 cm³/mol. The molecule has 12 rings (SSSR count). The summed E-state index contributed by atoms with van der Waals surface area (Å²) >= 11 is 0. The van der Waals surface area contributed by atoms with Crippen LogP contribution in [-0.4, -0.2) is 4.57 Å². The van der Waals surface area contributed by atoms with E-state index in [0.29, 0.717) is 0 Å². The summed E-state index contributed by atoms with van der Waals surface area (Å²) in [6.07, 6.45) is 0. The third-order valence-corrected chi connectivity index (χ3v) is 13.2. The molecule has 0 amide bonds. The molecule has 10 aromatic rings. The summed E-state index contributed by atoms with van der Waals surface area (Å²) in [6, 6.07) is 60.5. The topological polar surface area (TPSA) is 18.1 Å². The zero-order valence-electron chi connectivity index (χ0n) is 31.9. The average molecular weight is 718 g/mol. The van der Waals surface area contributed by atoms with Crippen molar-refractivity contribution in [1.29, 1.82) is 0 Å². The molecule has 2 heteroatoms. The third kappa shape index (κ3) is 4.16. The van der Waals surface area contributed by atoms with Crippen LogP contribution in [0.15, 0.2) is 168 Å². The Morgan fingerprint density at radius 3 is 1.46 bits per heavy atom. The molecule has 266 valence electrons. The van der Waals surface area contributed by atoms with Crippen molar-refractivity contribution in [1.82, 2.24) is 4.57 Å².